The van der Waals surface area contributed by atoms with E-state index in [1.807, 2.05) is 14.1 Å². The predicted molar refractivity (Wildman–Crippen MR) is 134 cm³/mol. The van der Waals surface area contributed by atoms with Crippen molar-refractivity contribution in [3.63, 3.8) is 0 Å². The Hall–Kier alpha value is -3.38. The van der Waals surface area contributed by atoms with Gasteiger partial charge in [-0.1, -0.05) is 6.07 Å². The van der Waals surface area contributed by atoms with Crippen LogP contribution in [0.1, 0.15) is 39.5 Å². The third-order valence-electron chi connectivity index (χ3n) is 6.71. The van der Waals surface area contributed by atoms with Gasteiger partial charge in [0.15, 0.2) is 0 Å². The molecule has 1 N–H and O–H groups in total. The van der Waals surface area contributed by atoms with Crippen LogP contribution < -0.4 is 9.80 Å². The van der Waals surface area contributed by atoms with E-state index in [0.717, 1.165) is 30.6 Å². The van der Waals surface area contributed by atoms with Gasteiger partial charge in [-0.25, -0.2) is 4.79 Å². The van der Waals surface area contributed by atoms with Crippen molar-refractivity contribution in [1.82, 2.24) is 9.88 Å². The van der Waals surface area contributed by atoms with Crippen molar-refractivity contribution in [2.75, 3.05) is 44.5 Å². The normalized spacial score (nSPS) is 15.7. The van der Waals surface area contributed by atoms with Crippen molar-refractivity contribution in [2.24, 2.45) is 0 Å². The molecule has 4 rings (SSSR count). The SMILES string of the molecule is CN(C)c1ccc(N(C)c2ccc3c(c2)CCN(C)[C@H]3CCc2cnccc2C(=O)O)cc1. The third-order valence-corrected chi connectivity index (χ3v) is 6.71. The second-order valence-electron chi connectivity index (χ2n) is 8.98. The molecule has 172 valence electrons. The second kappa shape index (κ2) is 9.63. The van der Waals surface area contributed by atoms with Gasteiger partial charge in [0.05, 0.1) is 5.56 Å². The number of carboxylic acid groups (broad SMARTS) is 1. The van der Waals surface area contributed by atoms with E-state index in [1.165, 1.54) is 22.5 Å². The molecule has 0 aliphatic carbocycles. The highest BCUT2D eigenvalue weighted by atomic mass is 16.4. The number of pyridine rings is 1. The van der Waals surface area contributed by atoms with Gasteiger partial charge in [-0.3, -0.25) is 9.88 Å². The molecule has 0 bridgehead atoms. The molecule has 33 heavy (non-hydrogen) atoms. The second-order valence-corrected chi connectivity index (χ2v) is 8.98. The Morgan fingerprint density at radius 3 is 2.45 bits per heavy atom. The smallest absolute Gasteiger partial charge is 0.336 e. The quantitative estimate of drug-likeness (QED) is 0.566. The van der Waals surface area contributed by atoms with Crippen molar-refractivity contribution < 1.29 is 9.90 Å². The number of hydrogen-bond donors (Lipinski definition) is 1. The van der Waals surface area contributed by atoms with Gasteiger partial charge < -0.3 is 14.9 Å². The molecule has 1 aromatic heterocycles. The number of aromatic nitrogens is 1. The first-order valence-electron chi connectivity index (χ1n) is 11.4. The minimum atomic E-state index is -0.893. The maximum Gasteiger partial charge on any atom is 0.336 e. The van der Waals surface area contributed by atoms with E-state index in [0.29, 0.717) is 12.0 Å². The highest BCUT2D eigenvalue weighted by Gasteiger charge is 2.25. The molecule has 2 heterocycles. The lowest BCUT2D eigenvalue weighted by Gasteiger charge is -2.35. The number of carboxylic acids is 1. The monoisotopic (exact) mass is 444 g/mol. The number of aryl methyl sites for hydroxylation is 1. The number of benzene rings is 2. The first kappa shape index (κ1) is 22.8. The van der Waals surface area contributed by atoms with Crippen LogP contribution in [0.2, 0.25) is 0 Å². The number of carbonyl (C=O) groups is 1. The van der Waals surface area contributed by atoms with E-state index in [4.69, 9.17) is 0 Å². The lowest BCUT2D eigenvalue weighted by atomic mass is 9.88. The zero-order valence-electron chi connectivity index (χ0n) is 19.8. The Morgan fingerprint density at radius 1 is 1.06 bits per heavy atom. The molecule has 6 nitrogen and oxygen atoms in total. The van der Waals surface area contributed by atoms with Crippen molar-refractivity contribution in [2.45, 2.75) is 25.3 Å². The van der Waals surface area contributed by atoms with Gasteiger partial charge in [-0.2, -0.15) is 0 Å². The summed E-state index contributed by atoms with van der Waals surface area (Å²) in [5, 5.41) is 9.49. The Kier molecular flexibility index (Phi) is 6.65. The Bertz CT molecular complexity index is 1130. The molecule has 0 saturated heterocycles. The van der Waals surface area contributed by atoms with Crippen LogP contribution in [0.25, 0.3) is 0 Å². The topological polar surface area (TPSA) is 59.9 Å². The van der Waals surface area contributed by atoms with Gasteiger partial charge in [0.25, 0.3) is 0 Å². The van der Waals surface area contributed by atoms with E-state index < -0.39 is 5.97 Å². The van der Waals surface area contributed by atoms with Crippen LogP contribution in [-0.2, 0) is 12.8 Å². The predicted octanol–water partition coefficient (Wildman–Crippen LogP) is 4.78. The molecule has 1 atom stereocenters. The molecule has 6 heteroatoms. The van der Waals surface area contributed by atoms with Gasteiger partial charge in [0, 0.05) is 63.2 Å². The number of rotatable bonds is 7. The fourth-order valence-electron chi connectivity index (χ4n) is 4.66. The molecular formula is C27H32N4O2. The van der Waals surface area contributed by atoms with E-state index >= 15 is 0 Å². The van der Waals surface area contributed by atoms with Crippen LogP contribution >= 0.6 is 0 Å². The van der Waals surface area contributed by atoms with E-state index in [2.05, 4.69) is 76.2 Å². The maximum absolute atomic E-state index is 11.6. The van der Waals surface area contributed by atoms with Crippen LogP contribution in [0, 0.1) is 0 Å². The number of likely N-dealkylation sites (N-methyl/N-ethyl adjacent to an activating group) is 1. The Balaban J connectivity index is 1.54. The van der Waals surface area contributed by atoms with Crippen molar-refractivity contribution >= 4 is 23.0 Å². The summed E-state index contributed by atoms with van der Waals surface area (Å²) >= 11 is 0. The molecule has 3 aromatic rings. The van der Waals surface area contributed by atoms with E-state index in [-0.39, 0.29) is 6.04 Å². The molecule has 0 amide bonds. The average Bonchev–Trinajstić information content (AvgIpc) is 2.83. The first-order valence-corrected chi connectivity index (χ1v) is 11.4. The van der Waals surface area contributed by atoms with Crippen molar-refractivity contribution in [3.8, 4) is 0 Å². The zero-order valence-corrected chi connectivity index (χ0v) is 19.8. The van der Waals surface area contributed by atoms with Crippen LogP contribution in [0.15, 0.2) is 60.9 Å². The summed E-state index contributed by atoms with van der Waals surface area (Å²) in [6.07, 6.45) is 5.78. The standard InChI is InChI=1S/C27H32N4O2/c1-29(2)21-6-8-22(9-7-21)31(4)23-10-11-24-19(17-23)14-16-30(3)26(24)12-5-20-18-28-15-13-25(20)27(32)33/h6-11,13,15,17-18,26H,5,12,14,16H2,1-4H3,(H,32,33)/t26-/m0/s1. The van der Waals surface area contributed by atoms with Gasteiger partial charge in [0.1, 0.15) is 0 Å². The maximum atomic E-state index is 11.6. The van der Waals surface area contributed by atoms with Gasteiger partial charge >= 0.3 is 5.97 Å². The summed E-state index contributed by atoms with van der Waals surface area (Å²) in [5.74, 6) is -0.893. The van der Waals surface area contributed by atoms with Gasteiger partial charge in [-0.15, -0.1) is 0 Å². The van der Waals surface area contributed by atoms with Crippen molar-refractivity contribution in [3.05, 3.63) is 83.2 Å². The number of hydrogen-bond acceptors (Lipinski definition) is 5. The van der Waals surface area contributed by atoms with Gasteiger partial charge in [-0.05, 0) is 85.5 Å². The van der Waals surface area contributed by atoms with Crippen LogP contribution in [0.5, 0.6) is 0 Å². The summed E-state index contributed by atoms with van der Waals surface area (Å²) in [7, 11) is 8.36. The Labute approximate surface area is 196 Å². The van der Waals surface area contributed by atoms with E-state index in [9.17, 15) is 9.90 Å². The third kappa shape index (κ3) is 4.86. The number of nitrogens with zero attached hydrogens (tertiary/aromatic N) is 4. The van der Waals surface area contributed by atoms with Crippen LogP contribution in [0.4, 0.5) is 17.1 Å². The lowest BCUT2D eigenvalue weighted by Crippen LogP contribution is -2.32. The molecule has 1 aliphatic heterocycles. The minimum absolute atomic E-state index is 0.259. The summed E-state index contributed by atoms with van der Waals surface area (Å²) < 4.78 is 0. The molecule has 0 saturated carbocycles. The molecule has 0 radical (unpaired) electrons. The molecule has 0 fully saturated rings. The fourth-order valence-corrected chi connectivity index (χ4v) is 4.66. The lowest BCUT2D eigenvalue weighted by molar-refractivity contribution is 0.0695. The van der Waals surface area contributed by atoms with E-state index in [1.54, 1.807) is 18.5 Å². The number of fused-ring (bicyclic) bond motifs is 1. The summed E-state index contributed by atoms with van der Waals surface area (Å²) in [5.41, 5.74) is 7.37. The fraction of sp³-hybridized carbons (Fsp3) is 0.333. The summed E-state index contributed by atoms with van der Waals surface area (Å²) in [4.78, 5) is 22.4. The van der Waals surface area contributed by atoms with Crippen molar-refractivity contribution in [1.29, 1.82) is 0 Å². The minimum Gasteiger partial charge on any atom is -0.478 e. The molecule has 0 spiro atoms. The highest BCUT2D eigenvalue weighted by molar-refractivity contribution is 5.89. The molecule has 0 unspecified atom stereocenters. The molecular weight excluding hydrogens is 412 g/mol. The molecule has 2 aromatic carbocycles. The number of aromatic carboxylic acids is 1. The van der Waals surface area contributed by atoms with Gasteiger partial charge in [0.2, 0.25) is 0 Å². The summed E-state index contributed by atoms with van der Waals surface area (Å²) in [6, 6.07) is 17.2. The van der Waals surface area contributed by atoms with Crippen LogP contribution in [-0.4, -0.2) is 55.7 Å². The molecule has 1 aliphatic rings. The highest BCUT2D eigenvalue weighted by Crippen LogP contribution is 2.36. The largest absolute Gasteiger partial charge is 0.478 e. The average molecular weight is 445 g/mol. The Morgan fingerprint density at radius 2 is 1.76 bits per heavy atom. The first-order chi connectivity index (χ1) is 15.8. The number of anilines is 3. The summed E-state index contributed by atoms with van der Waals surface area (Å²) in [6.45, 7) is 0.987. The van der Waals surface area contributed by atoms with Crippen LogP contribution in [0.3, 0.4) is 0 Å². The zero-order chi connectivity index (χ0) is 23.5.